The second-order valence-corrected chi connectivity index (χ2v) is 7.46. The topological polar surface area (TPSA) is 49.6 Å². The molecule has 26 heavy (non-hydrogen) atoms. The van der Waals surface area contributed by atoms with E-state index in [1.54, 1.807) is 6.26 Å². The monoisotopic (exact) mass is 355 g/mol. The van der Waals surface area contributed by atoms with Crippen LogP contribution in [0, 0.1) is 12.8 Å². The van der Waals surface area contributed by atoms with Crippen molar-refractivity contribution in [1.82, 2.24) is 14.8 Å². The largest absolute Gasteiger partial charge is 0.468 e. The summed E-state index contributed by atoms with van der Waals surface area (Å²) in [5.74, 6) is 1.38. The van der Waals surface area contributed by atoms with Crippen LogP contribution in [0.1, 0.15) is 36.8 Å². The second kappa shape index (κ2) is 8.49. The number of carbonyl (C=O) groups is 1. The number of rotatable bonds is 6. The molecular weight excluding hydrogens is 326 g/mol. The Morgan fingerprint density at radius 2 is 2.15 bits per heavy atom. The van der Waals surface area contributed by atoms with Gasteiger partial charge in [0.15, 0.2) is 0 Å². The number of likely N-dealkylation sites (tertiary alicyclic amines) is 1. The lowest BCUT2D eigenvalue weighted by atomic mass is 9.94. The third-order valence-corrected chi connectivity index (χ3v) is 5.38. The van der Waals surface area contributed by atoms with Gasteiger partial charge < -0.3 is 9.32 Å². The second-order valence-electron chi connectivity index (χ2n) is 7.46. The van der Waals surface area contributed by atoms with Gasteiger partial charge in [0.25, 0.3) is 0 Å². The third-order valence-electron chi connectivity index (χ3n) is 5.38. The average molecular weight is 355 g/mol. The molecule has 3 rings (SSSR count). The zero-order valence-corrected chi connectivity index (χ0v) is 16.0. The molecule has 1 aliphatic heterocycles. The van der Waals surface area contributed by atoms with Gasteiger partial charge in [0.05, 0.1) is 12.8 Å². The van der Waals surface area contributed by atoms with Crippen molar-refractivity contribution in [2.24, 2.45) is 5.92 Å². The summed E-state index contributed by atoms with van der Waals surface area (Å²) < 4.78 is 5.42. The molecule has 140 valence electrons. The Balaban J connectivity index is 1.49. The van der Waals surface area contributed by atoms with Gasteiger partial charge in [0.2, 0.25) is 5.91 Å². The zero-order valence-electron chi connectivity index (χ0n) is 16.0. The fraction of sp³-hybridized carbons (Fsp3) is 0.524. The van der Waals surface area contributed by atoms with Crippen molar-refractivity contribution < 1.29 is 9.21 Å². The Kier molecular flexibility index (Phi) is 6.09. The number of nitrogens with zero attached hydrogens (tertiary/aromatic N) is 3. The maximum atomic E-state index is 12.9. The number of pyridine rings is 1. The quantitative estimate of drug-likeness (QED) is 0.798. The minimum absolute atomic E-state index is 0.126. The van der Waals surface area contributed by atoms with Crippen LogP contribution >= 0.6 is 0 Å². The first kappa shape index (κ1) is 18.6. The van der Waals surface area contributed by atoms with Crippen LogP contribution in [0.4, 0.5) is 0 Å². The number of hydrogen-bond donors (Lipinski definition) is 0. The van der Waals surface area contributed by atoms with Gasteiger partial charge in [0, 0.05) is 37.3 Å². The van der Waals surface area contributed by atoms with Crippen molar-refractivity contribution in [3.63, 3.8) is 0 Å². The van der Waals surface area contributed by atoms with E-state index in [0.717, 1.165) is 50.4 Å². The molecule has 5 nitrogen and oxygen atoms in total. The van der Waals surface area contributed by atoms with Crippen LogP contribution in [0.15, 0.2) is 41.1 Å². The highest BCUT2D eigenvalue weighted by Gasteiger charge is 2.29. The van der Waals surface area contributed by atoms with Crippen LogP contribution in [0.2, 0.25) is 0 Å². The van der Waals surface area contributed by atoms with Crippen LogP contribution < -0.4 is 0 Å². The summed E-state index contributed by atoms with van der Waals surface area (Å²) in [6, 6.07) is 8.18. The Hall–Kier alpha value is -2.14. The first-order valence-corrected chi connectivity index (χ1v) is 9.46. The summed E-state index contributed by atoms with van der Waals surface area (Å²) >= 11 is 0. The number of amides is 1. The van der Waals surface area contributed by atoms with Crippen LogP contribution in [0.5, 0.6) is 0 Å². The van der Waals surface area contributed by atoms with Gasteiger partial charge in [-0.15, -0.1) is 0 Å². The predicted octanol–water partition coefficient (Wildman–Crippen LogP) is 3.28. The van der Waals surface area contributed by atoms with Gasteiger partial charge in [-0.3, -0.25) is 14.7 Å². The summed E-state index contributed by atoms with van der Waals surface area (Å²) in [7, 11) is 1.93. The molecule has 0 radical (unpaired) electrons. The van der Waals surface area contributed by atoms with Crippen molar-refractivity contribution in [2.45, 2.75) is 45.7 Å². The lowest BCUT2D eigenvalue weighted by Gasteiger charge is -2.34. The standard InChI is InChI=1S/C21H29N3O2/c1-16-6-9-22-19(13-16)14-17(2)23(3)21(25)18-7-10-24(11-8-18)15-20-5-4-12-26-20/h4-6,9,12-13,17-18H,7-8,10-11,14-15H2,1-3H3/t17-/m1/s1. The first-order valence-electron chi connectivity index (χ1n) is 9.46. The Labute approximate surface area is 156 Å². The lowest BCUT2D eigenvalue weighted by Crippen LogP contribution is -2.44. The van der Waals surface area contributed by atoms with Crippen LogP contribution in [0.25, 0.3) is 0 Å². The number of likely N-dealkylation sites (N-methyl/N-ethyl adjacent to an activating group) is 1. The number of piperidine rings is 1. The fourth-order valence-corrected chi connectivity index (χ4v) is 3.62. The summed E-state index contributed by atoms with van der Waals surface area (Å²) in [6.45, 7) is 6.89. The van der Waals surface area contributed by atoms with E-state index >= 15 is 0 Å². The minimum Gasteiger partial charge on any atom is -0.468 e. The Morgan fingerprint density at radius 3 is 2.81 bits per heavy atom. The average Bonchev–Trinajstić information content (AvgIpc) is 3.14. The predicted molar refractivity (Wildman–Crippen MR) is 102 cm³/mol. The van der Waals surface area contributed by atoms with E-state index in [0.29, 0.717) is 0 Å². The Morgan fingerprint density at radius 1 is 1.38 bits per heavy atom. The lowest BCUT2D eigenvalue weighted by molar-refractivity contribution is -0.137. The number of aromatic nitrogens is 1. The molecule has 1 fully saturated rings. The highest BCUT2D eigenvalue weighted by Crippen LogP contribution is 2.22. The van der Waals surface area contributed by atoms with Gasteiger partial charge in [-0.05, 0) is 69.6 Å². The fourth-order valence-electron chi connectivity index (χ4n) is 3.62. The summed E-state index contributed by atoms with van der Waals surface area (Å²) in [5, 5.41) is 0. The van der Waals surface area contributed by atoms with E-state index in [2.05, 4.69) is 29.8 Å². The van der Waals surface area contributed by atoms with E-state index in [4.69, 9.17) is 4.42 Å². The van der Waals surface area contributed by atoms with E-state index in [1.165, 1.54) is 5.56 Å². The molecule has 2 aromatic rings. The highest BCUT2D eigenvalue weighted by molar-refractivity contribution is 5.79. The minimum atomic E-state index is 0.126. The van der Waals surface area contributed by atoms with E-state index < -0.39 is 0 Å². The maximum absolute atomic E-state index is 12.9. The van der Waals surface area contributed by atoms with Crippen molar-refractivity contribution in [3.8, 4) is 0 Å². The molecule has 1 saturated heterocycles. The molecule has 3 heterocycles. The molecule has 0 aliphatic carbocycles. The molecule has 0 unspecified atom stereocenters. The molecule has 0 aromatic carbocycles. The van der Waals surface area contributed by atoms with Gasteiger partial charge in [-0.25, -0.2) is 0 Å². The summed E-state index contributed by atoms with van der Waals surface area (Å²) in [6.07, 6.45) is 6.18. The normalized spacial score (nSPS) is 17.2. The van der Waals surface area contributed by atoms with Gasteiger partial charge in [-0.2, -0.15) is 0 Å². The molecule has 1 amide bonds. The summed E-state index contributed by atoms with van der Waals surface area (Å²) in [4.78, 5) is 21.6. The molecule has 0 spiro atoms. The number of carbonyl (C=O) groups excluding carboxylic acids is 1. The van der Waals surface area contributed by atoms with Crippen molar-refractivity contribution >= 4 is 5.91 Å². The molecule has 0 saturated carbocycles. The first-order chi connectivity index (χ1) is 12.5. The molecule has 5 heteroatoms. The smallest absolute Gasteiger partial charge is 0.225 e. The molecule has 1 atom stereocenters. The molecule has 0 bridgehead atoms. The third kappa shape index (κ3) is 4.73. The van der Waals surface area contributed by atoms with Gasteiger partial charge in [0.1, 0.15) is 5.76 Å². The van der Waals surface area contributed by atoms with Crippen molar-refractivity contribution in [3.05, 3.63) is 53.7 Å². The van der Waals surface area contributed by atoms with Crippen LogP contribution in [-0.4, -0.2) is 46.9 Å². The van der Waals surface area contributed by atoms with Crippen LogP contribution in [-0.2, 0) is 17.8 Å². The number of hydrogen-bond acceptors (Lipinski definition) is 4. The van der Waals surface area contributed by atoms with E-state index in [1.807, 2.05) is 36.3 Å². The van der Waals surface area contributed by atoms with Gasteiger partial charge in [-0.1, -0.05) is 0 Å². The van der Waals surface area contributed by atoms with E-state index in [-0.39, 0.29) is 17.9 Å². The van der Waals surface area contributed by atoms with Gasteiger partial charge >= 0.3 is 0 Å². The SMILES string of the molecule is Cc1ccnc(C[C@@H](C)N(C)C(=O)C2CCN(Cc3ccco3)CC2)c1. The van der Waals surface area contributed by atoms with Crippen molar-refractivity contribution in [2.75, 3.05) is 20.1 Å². The van der Waals surface area contributed by atoms with E-state index in [9.17, 15) is 4.79 Å². The molecule has 0 N–H and O–H groups in total. The summed E-state index contributed by atoms with van der Waals surface area (Å²) in [5.41, 5.74) is 2.26. The maximum Gasteiger partial charge on any atom is 0.225 e. The van der Waals surface area contributed by atoms with Crippen molar-refractivity contribution in [1.29, 1.82) is 0 Å². The highest BCUT2D eigenvalue weighted by atomic mass is 16.3. The molecular formula is C21H29N3O2. The van der Waals surface area contributed by atoms with Crippen LogP contribution in [0.3, 0.4) is 0 Å². The zero-order chi connectivity index (χ0) is 18.5. The molecule has 2 aromatic heterocycles. The number of furan rings is 1. The number of aryl methyl sites for hydroxylation is 1. The molecule has 1 aliphatic rings. The Bertz CT molecular complexity index is 706.